The summed E-state index contributed by atoms with van der Waals surface area (Å²) in [6.07, 6.45) is 0.967. The minimum absolute atomic E-state index is 0. The molecule has 0 bridgehead atoms. The molecule has 0 fully saturated rings. The molecule has 8 heteroatoms. The average Bonchev–Trinajstić information content (AvgIpc) is 2.81. The first kappa shape index (κ1) is 27.8. The molecular formula is C24H36IN3O4. The fourth-order valence-electron chi connectivity index (χ4n) is 3.10. The molecule has 0 aromatic heterocycles. The van der Waals surface area contributed by atoms with E-state index in [1.54, 1.807) is 21.3 Å². The Morgan fingerprint density at radius 1 is 0.969 bits per heavy atom. The first-order chi connectivity index (χ1) is 15.1. The van der Waals surface area contributed by atoms with Crippen LogP contribution in [0.1, 0.15) is 37.5 Å². The van der Waals surface area contributed by atoms with Crippen LogP contribution < -0.4 is 24.8 Å². The lowest BCUT2D eigenvalue weighted by atomic mass is 10.1. The summed E-state index contributed by atoms with van der Waals surface area (Å²) in [5.41, 5.74) is 2.16. The van der Waals surface area contributed by atoms with Crippen molar-refractivity contribution in [3.05, 3.63) is 53.6 Å². The molecule has 0 spiro atoms. The molecule has 2 N–H and O–H groups in total. The second-order valence-corrected chi connectivity index (χ2v) is 6.93. The van der Waals surface area contributed by atoms with Crippen LogP contribution in [0.25, 0.3) is 0 Å². The number of ether oxygens (including phenoxy) is 4. The summed E-state index contributed by atoms with van der Waals surface area (Å²) in [7, 11) is 4.81. The molecule has 2 rings (SSSR count). The molecule has 0 aliphatic heterocycles. The van der Waals surface area contributed by atoms with E-state index in [-0.39, 0.29) is 30.1 Å². The number of benzene rings is 2. The van der Waals surface area contributed by atoms with Crippen LogP contribution in [0.5, 0.6) is 17.2 Å². The summed E-state index contributed by atoms with van der Waals surface area (Å²) in [5.74, 6) is 2.57. The average molecular weight is 557 g/mol. The highest BCUT2D eigenvalue weighted by molar-refractivity contribution is 14.0. The number of hydrogen-bond donors (Lipinski definition) is 2. The monoisotopic (exact) mass is 557 g/mol. The third kappa shape index (κ3) is 8.74. The Kier molecular flexibility index (Phi) is 13.5. The number of aliphatic imine (C=N–C) groups is 1. The lowest BCUT2D eigenvalue weighted by Gasteiger charge is -2.15. The van der Waals surface area contributed by atoms with Gasteiger partial charge in [0, 0.05) is 19.7 Å². The number of guanidine groups is 1. The Morgan fingerprint density at radius 2 is 1.62 bits per heavy atom. The summed E-state index contributed by atoms with van der Waals surface area (Å²) >= 11 is 0. The summed E-state index contributed by atoms with van der Waals surface area (Å²) in [4.78, 5) is 4.67. The Labute approximate surface area is 208 Å². The zero-order valence-corrected chi connectivity index (χ0v) is 22.0. The Bertz CT molecular complexity index is 793. The van der Waals surface area contributed by atoms with Crippen molar-refractivity contribution in [3.63, 3.8) is 0 Å². The van der Waals surface area contributed by atoms with Gasteiger partial charge in [0.05, 0.1) is 34.0 Å². The molecule has 0 saturated heterocycles. The fourth-order valence-corrected chi connectivity index (χ4v) is 3.10. The molecule has 1 unspecified atom stereocenters. The van der Waals surface area contributed by atoms with E-state index >= 15 is 0 Å². The van der Waals surface area contributed by atoms with Crippen molar-refractivity contribution >= 4 is 29.9 Å². The van der Waals surface area contributed by atoms with Gasteiger partial charge in [-0.25, -0.2) is 4.99 Å². The molecule has 0 amide bonds. The molecule has 2 aromatic rings. The van der Waals surface area contributed by atoms with Gasteiger partial charge in [-0.05, 0) is 43.5 Å². The van der Waals surface area contributed by atoms with E-state index in [2.05, 4.69) is 34.7 Å². The Morgan fingerprint density at radius 3 is 2.19 bits per heavy atom. The zero-order valence-electron chi connectivity index (χ0n) is 19.6. The third-order valence-electron chi connectivity index (χ3n) is 4.74. The van der Waals surface area contributed by atoms with Crippen molar-refractivity contribution < 1.29 is 18.9 Å². The van der Waals surface area contributed by atoms with Gasteiger partial charge >= 0.3 is 0 Å². The van der Waals surface area contributed by atoms with Gasteiger partial charge in [-0.1, -0.05) is 30.3 Å². The Balaban J connectivity index is 0.00000512. The summed E-state index contributed by atoms with van der Waals surface area (Å²) in [5, 5.41) is 6.62. The van der Waals surface area contributed by atoms with E-state index in [1.165, 1.54) is 5.56 Å². The second kappa shape index (κ2) is 15.6. The summed E-state index contributed by atoms with van der Waals surface area (Å²) in [6, 6.07) is 14.1. The molecule has 0 radical (unpaired) electrons. The molecule has 0 aliphatic rings. The topological polar surface area (TPSA) is 73.3 Å². The smallest absolute Gasteiger partial charge is 0.203 e. The SMILES string of the molecule is CCNC(=NCc1cc(OC)c(OC)c(OC)c1)NCCCOC(C)c1ccccc1.I. The third-order valence-corrected chi connectivity index (χ3v) is 4.74. The maximum absolute atomic E-state index is 5.93. The molecule has 2 aromatic carbocycles. The van der Waals surface area contributed by atoms with E-state index < -0.39 is 0 Å². The molecule has 0 saturated carbocycles. The maximum Gasteiger partial charge on any atom is 0.203 e. The van der Waals surface area contributed by atoms with E-state index in [4.69, 9.17) is 18.9 Å². The predicted molar refractivity (Wildman–Crippen MR) is 140 cm³/mol. The Hall–Kier alpha value is -2.20. The van der Waals surface area contributed by atoms with Gasteiger partial charge in [0.15, 0.2) is 17.5 Å². The minimum atomic E-state index is 0. The predicted octanol–water partition coefficient (Wildman–Crippen LogP) is 4.55. The van der Waals surface area contributed by atoms with Gasteiger partial charge in [-0.2, -0.15) is 0 Å². The van der Waals surface area contributed by atoms with Gasteiger partial charge in [0.2, 0.25) is 5.75 Å². The van der Waals surface area contributed by atoms with Crippen LogP contribution in [0.4, 0.5) is 0 Å². The van der Waals surface area contributed by atoms with Crippen LogP contribution in [0.3, 0.4) is 0 Å². The van der Waals surface area contributed by atoms with Crippen LogP contribution in [-0.2, 0) is 11.3 Å². The van der Waals surface area contributed by atoms with Crippen molar-refractivity contribution in [2.75, 3.05) is 41.0 Å². The highest BCUT2D eigenvalue weighted by atomic mass is 127. The van der Waals surface area contributed by atoms with Gasteiger partial charge in [-0.15, -0.1) is 24.0 Å². The highest BCUT2D eigenvalue weighted by Gasteiger charge is 2.13. The maximum atomic E-state index is 5.93. The first-order valence-electron chi connectivity index (χ1n) is 10.6. The van der Waals surface area contributed by atoms with E-state index in [9.17, 15) is 0 Å². The van der Waals surface area contributed by atoms with Crippen LogP contribution >= 0.6 is 24.0 Å². The minimum Gasteiger partial charge on any atom is -0.493 e. The van der Waals surface area contributed by atoms with Gasteiger partial charge in [-0.3, -0.25) is 0 Å². The highest BCUT2D eigenvalue weighted by Crippen LogP contribution is 2.38. The van der Waals surface area contributed by atoms with Crippen LogP contribution in [0, 0.1) is 0 Å². The van der Waals surface area contributed by atoms with Gasteiger partial charge in [0.25, 0.3) is 0 Å². The molecule has 7 nitrogen and oxygen atoms in total. The van der Waals surface area contributed by atoms with Crippen molar-refractivity contribution in [1.29, 1.82) is 0 Å². The standard InChI is InChI=1S/C24H35N3O4.HI/c1-6-25-24(26-13-10-14-31-18(2)20-11-8-7-9-12-20)27-17-19-15-21(28-3)23(30-5)22(16-19)29-4;/h7-9,11-12,15-16,18H,6,10,13-14,17H2,1-5H3,(H2,25,26,27);1H. The number of methoxy groups -OCH3 is 3. The lowest BCUT2D eigenvalue weighted by molar-refractivity contribution is 0.0646. The summed E-state index contributed by atoms with van der Waals surface area (Å²) in [6.45, 7) is 6.82. The lowest BCUT2D eigenvalue weighted by Crippen LogP contribution is -2.38. The quantitative estimate of drug-likeness (QED) is 0.173. The fraction of sp³-hybridized carbons (Fsp3) is 0.458. The number of nitrogens with zero attached hydrogens (tertiary/aromatic N) is 1. The second-order valence-electron chi connectivity index (χ2n) is 6.93. The molecule has 178 valence electrons. The van der Waals surface area contributed by atoms with E-state index in [0.717, 1.165) is 31.0 Å². The van der Waals surface area contributed by atoms with E-state index in [0.29, 0.717) is 30.4 Å². The van der Waals surface area contributed by atoms with Crippen molar-refractivity contribution in [2.24, 2.45) is 4.99 Å². The van der Waals surface area contributed by atoms with E-state index in [1.807, 2.05) is 37.3 Å². The number of nitrogens with one attached hydrogen (secondary N) is 2. The largest absolute Gasteiger partial charge is 0.493 e. The molecule has 1 atom stereocenters. The van der Waals surface area contributed by atoms with Crippen molar-refractivity contribution in [1.82, 2.24) is 10.6 Å². The number of halogens is 1. The van der Waals surface area contributed by atoms with Gasteiger partial charge in [0.1, 0.15) is 0 Å². The normalized spacial score (nSPS) is 11.8. The van der Waals surface area contributed by atoms with Crippen LogP contribution in [0.15, 0.2) is 47.5 Å². The van der Waals surface area contributed by atoms with Crippen LogP contribution in [0.2, 0.25) is 0 Å². The number of rotatable bonds is 12. The van der Waals surface area contributed by atoms with Gasteiger partial charge < -0.3 is 29.6 Å². The van der Waals surface area contributed by atoms with Crippen molar-refractivity contribution in [2.45, 2.75) is 32.9 Å². The molecular weight excluding hydrogens is 521 g/mol. The van der Waals surface area contributed by atoms with Crippen molar-refractivity contribution in [3.8, 4) is 17.2 Å². The first-order valence-corrected chi connectivity index (χ1v) is 10.6. The van der Waals surface area contributed by atoms with Crippen LogP contribution in [-0.4, -0.2) is 47.0 Å². The number of hydrogen-bond acceptors (Lipinski definition) is 5. The zero-order chi connectivity index (χ0) is 22.5. The molecule has 0 heterocycles. The summed E-state index contributed by atoms with van der Waals surface area (Å²) < 4.78 is 22.1. The molecule has 0 aliphatic carbocycles. The molecule has 32 heavy (non-hydrogen) atoms.